The second kappa shape index (κ2) is 5.75. The summed E-state index contributed by atoms with van der Waals surface area (Å²) in [6.07, 6.45) is 1.70. The van der Waals surface area contributed by atoms with Crippen LogP contribution in [0.2, 0.25) is 0 Å². The van der Waals surface area contributed by atoms with Crippen LogP contribution >= 0.6 is 0 Å². The van der Waals surface area contributed by atoms with Crippen LogP contribution in [0.15, 0.2) is 22.8 Å². The van der Waals surface area contributed by atoms with E-state index in [0.717, 1.165) is 38.5 Å². The van der Waals surface area contributed by atoms with Gasteiger partial charge in [0.1, 0.15) is 5.76 Å². The number of amides is 1. The van der Waals surface area contributed by atoms with E-state index in [1.54, 1.807) is 6.26 Å². The molecular weight excluding hydrogens is 242 g/mol. The van der Waals surface area contributed by atoms with Crippen molar-refractivity contribution in [2.45, 2.75) is 25.9 Å². The van der Waals surface area contributed by atoms with Crippen molar-refractivity contribution in [3.8, 4) is 0 Å². The lowest BCUT2D eigenvalue weighted by Crippen LogP contribution is -2.57. The molecule has 1 aromatic heterocycles. The highest BCUT2D eigenvalue weighted by Gasteiger charge is 2.32. The number of rotatable bonds is 4. The third kappa shape index (κ3) is 3.36. The largest absolute Gasteiger partial charge is 0.468 e. The summed E-state index contributed by atoms with van der Waals surface area (Å²) in [6, 6.07) is 3.90. The third-order valence-corrected chi connectivity index (χ3v) is 3.78. The lowest BCUT2D eigenvalue weighted by atomic mass is 10.0. The van der Waals surface area contributed by atoms with Gasteiger partial charge in [0, 0.05) is 26.2 Å². The number of piperazine rings is 1. The van der Waals surface area contributed by atoms with Crippen molar-refractivity contribution in [1.82, 2.24) is 15.1 Å². The Morgan fingerprint density at radius 2 is 2.05 bits per heavy atom. The van der Waals surface area contributed by atoms with E-state index in [-0.39, 0.29) is 5.91 Å². The molecule has 0 aromatic carbocycles. The van der Waals surface area contributed by atoms with Crippen molar-refractivity contribution in [3.63, 3.8) is 0 Å². The Kier molecular flexibility index (Phi) is 4.27. The topological polar surface area (TPSA) is 48.7 Å². The zero-order valence-electron chi connectivity index (χ0n) is 12.0. The van der Waals surface area contributed by atoms with Gasteiger partial charge in [-0.05, 0) is 33.0 Å². The van der Waals surface area contributed by atoms with Gasteiger partial charge < -0.3 is 14.6 Å². The molecule has 106 valence electrons. The highest BCUT2D eigenvalue weighted by atomic mass is 16.3. The Hall–Kier alpha value is -1.33. The minimum Gasteiger partial charge on any atom is -0.468 e. The molecule has 5 nitrogen and oxygen atoms in total. The second-order valence-electron chi connectivity index (χ2n) is 5.52. The molecule has 1 aliphatic heterocycles. The first-order valence-electron chi connectivity index (χ1n) is 6.76. The molecule has 1 saturated heterocycles. The van der Waals surface area contributed by atoms with Crippen LogP contribution in [0.1, 0.15) is 19.6 Å². The van der Waals surface area contributed by atoms with Crippen molar-refractivity contribution in [2.75, 3.05) is 33.2 Å². The molecule has 5 heteroatoms. The number of likely N-dealkylation sites (N-methyl/N-ethyl adjacent to an activating group) is 1. The molecular formula is C14H23N3O2. The van der Waals surface area contributed by atoms with E-state index in [2.05, 4.69) is 10.2 Å². The zero-order chi connectivity index (χ0) is 13.9. The van der Waals surface area contributed by atoms with Gasteiger partial charge in [-0.25, -0.2) is 0 Å². The summed E-state index contributed by atoms with van der Waals surface area (Å²) < 4.78 is 5.35. The van der Waals surface area contributed by atoms with Crippen molar-refractivity contribution in [3.05, 3.63) is 24.2 Å². The highest BCUT2D eigenvalue weighted by Crippen LogP contribution is 2.13. The molecule has 2 heterocycles. The van der Waals surface area contributed by atoms with Crippen LogP contribution in [0, 0.1) is 0 Å². The summed E-state index contributed by atoms with van der Waals surface area (Å²) in [5.74, 6) is 1.16. The first-order valence-corrected chi connectivity index (χ1v) is 6.76. The number of nitrogens with one attached hydrogen (secondary N) is 1. The standard InChI is InChI=1S/C14H23N3O2/c1-14(2,15-3)13(18)17-8-6-16(7-9-17)11-12-5-4-10-19-12/h4-5,10,15H,6-9,11H2,1-3H3. The molecule has 0 saturated carbocycles. The van der Waals surface area contributed by atoms with E-state index < -0.39 is 5.54 Å². The average molecular weight is 265 g/mol. The minimum atomic E-state index is -0.483. The molecule has 1 fully saturated rings. The Morgan fingerprint density at radius 1 is 1.37 bits per heavy atom. The molecule has 0 radical (unpaired) electrons. The Bertz CT molecular complexity index is 406. The minimum absolute atomic E-state index is 0.174. The van der Waals surface area contributed by atoms with Gasteiger partial charge in [0.25, 0.3) is 0 Å². The fourth-order valence-corrected chi connectivity index (χ4v) is 2.23. The van der Waals surface area contributed by atoms with Gasteiger partial charge in [-0.15, -0.1) is 0 Å². The fraction of sp³-hybridized carbons (Fsp3) is 0.643. The maximum Gasteiger partial charge on any atom is 0.242 e. The summed E-state index contributed by atoms with van der Waals surface area (Å²) in [5, 5.41) is 3.07. The molecule has 0 bridgehead atoms. The van der Waals surface area contributed by atoms with E-state index >= 15 is 0 Å². The van der Waals surface area contributed by atoms with Crippen LogP contribution in [-0.2, 0) is 11.3 Å². The van der Waals surface area contributed by atoms with Crippen LogP contribution < -0.4 is 5.32 Å². The maximum absolute atomic E-state index is 12.3. The summed E-state index contributed by atoms with van der Waals surface area (Å²) in [7, 11) is 1.82. The van der Waals surface area contributed by atoms with Crippen molar-refractivity contribution in [1.29, 1.82) is 0 Å². The van der Waals surface area contributed by atoms with Gasteiger partial charge >= 0.3 is 0 Å². The monoisotopic (exact) mass is 265 g/mol. The van der Waals surface area contributed by atoms with E-state index in [4.69, 9.17) is 4.42 Å². The molecule has 0 aliphatic carbocycles. The smallest absolute Gasteiger partial charge is 0.242 e. The van der Waals surface area contributed by atoms with Gasteiger partial charge in [-0.2, -0.15) is 0 Å². The Labute approximate surface area is 114 Å². The van der Waals surface area contributed by atoms with E-state index in [1.807, 2.05) is 37.9 Å². The van der Waals surface area contributed by atoms with Gasteiger partial charge in [-0.1, -0.05) is 0 Å². The normalized spacial score (nSPS) is 17.7. The van der Waals surface area contributed by atoms with Gasteiger partial charge in [-0.3, -0.25) is 9.69 Å². The maximum atomic E-state index is 12.3. The second-order valence-corrected chi connectivity index (χ2v) is 5.52. The lowest BCUT2D eigenvalue weighted by molar-refractivity contribution is -0.138. The highest BCUT2D eigenvalue weighted by molar-refractivity contribution is 5.85. The summed E-state index contributed by atoms with van der Waals surface area (Å²) in [4.78, 5) is 16.6. The molecule has 1 aromatic rings. The zero-order valence-corrected chi connectivity index (χ0v) is 12.0. The van der Waals surface area contributed by atoms with Crippen molar-refractivity contribution >= 4 is 5.91 Å². The molecule has 19 heavy (non-hydrogen) atoms. The van der Waals surface area contributed by atoms with Gasteiger partial charge in [0.2, 0.25) is 5.91 Å². The predicted octanol–water partition coefficient (Wildman–Crippen LogP) is 0.922. The van der Waals surface area contributed by atoms with Gasteiger partial charge in [0.15, 0.2) is 0 Å². The number of furan rings is 1. The van der Waals surface area contributed by atoms with Crippen LogP contribution in [-0.4, -0.2) is 54.5 Å². The van der Waals surface area contributed by atoms with Crippen LogP contribution in [0.4, 0.5) is 0 Å². The average Bonchev–Trinajstić information content (AvgIpc) is 2.91. The molecule has 2 rings (SSSR count). The molecule has 0 atom stereocenters. The van der Waals surface area contributed by atoms with Crippen LogP contribution in [0.5, 0.6) is 0 Å². The Balaban J connectivity index is 1.84. The lowest BCUT2D eigenvalue weighted by Gasteiger charge is -2.38. The van der Waals surface area contributed by atoms with Crippen LogP contribution in [0.3, 0.4) is 0 Å². The Morgan fingerprint density at radius 3 is 2.58 bits per heavy atom. The molecule has 1 aliphatic rings. The summed E-state index contributed by atoms with van der Waals surface area (Å²) in [6.45, 7) is 8.02. The molecule has 1 N–H and O–H groups in total. The van der Waals surface area contributed by atoms with E-state index in [1.165, 1.54) is 0 Å². The molecule has 0 spiro atoms. The quantitative estimate of drug-likeness (QED) is 0.879. The third-order valence-electron chi connectivity index (χ3n) is 3.78. The van der Waals surface area contributed by atoms with E-state index in [0.29, 0.717) is 0 Å². The van der Waals surface area contributed by atoms with Crippen LogP contribution in [0.25, 0.3) is 0 Å². The number of hydrogen-bond acceptors (Lipinski definition) is 4. The molecule has 1 amide bonds. The first-order chi connectivity index (χ1) is 9.03. The first kappa shape index (κ1) is 14.1. The number of hydrogen-bond donors (Lipinski definition) is 1. The fourth-order valence-electron chi connectivity index (χ4n) is 2.23. The van der Waals surface area contributed by atoms with Gasteiger partial charge in [0.05, 0.1) is 18.3 Å². The van der Waals surface area contributed by atoms with Crippen molar-refractivity contribution < 1.29 is 9.21 Å². The predicted molar refractivity (Wildman–Crippen MR) is 73.7 cm³/mol. The number of carbonyl (C=O) groups excluding carboxylic acids is 1. The molecule has 0 unspecified atom stereocenters. The SMILES string of the molecule is CNC(C)(C)C(=O)N1CCN(Cc2ccco2)CC1. The van der Waals surface area contributed by atoms with E-state index in [9.17, 15) is 4.79 Å². The number of carbonyl (C=O) groups is 1. The summed E-state index contributed by atoms with van der Waals surface area (Å²) in [5.41, 5.74) is -0.483. The summed E-state index contributed by atoms with van der Waals surface area (Å²) >= 11 is 0. The number of nitrogens with zero attached hydrogens (tertiary/aromatic N) is 2. The van der Waals surface area contributed by atoms with Crippen molar-refractivity contribution in [2.24, 2.45) is 0 Å².